The molecule has 0 saturated heterocycles. The molecule has 1 aliphatic rings. The van der Waals surface area contributed by atoms with Crippen molar-refractivity contribution in [3.8, 4) is 0 Å². The molecule has 7 nitrogen and oxygen atoms in total. The third-order valence-electron chi connectivity index (χ3n) is 6.95. The molecule has 1 saturated carbocycles. The molecule has 0 bridgehead atoms. The number of benzene rings is 3. The number of halogens is 3. The number of anilines is 1. The van der Waals surface area contributed by atoms with Gasteiger partial charge in [-0.3, -0.25) is 13.9 Å². The van der Waals surface area contributed by atoms with Gasteiger partial charge in [0.1, 0.15) is 18.4 Å². The van der Waals surface area contributed by atoms with Crippen LogP contribution in [0.25, 0.3) is 0 Å². The first-order valence-electron chi connectivity index (χ1n) is 12.9. The molecule has 3 aromatic rings. The zero-order valence-corrected chi connectivity index (χ0v) is 24.2. The number of carbonyl (C=O) groups excluding carboxylic acids is 2. The Morgan fingerprint density at radius 2 is 1.65 bits per heavy atom. The molecule has 1 unspecified atom stereocenters. The van der Waals surface area contributed by atoms with Crippen LogP contribution in [0.1, 0.15) is 38.2 Å². The normalized spacial score (nSPS) is 14.5. The fourth-order valence-corrected chi connectivity index (χ4v) is 6.57. The number of hydrogen-bond donors (Lipinski definition) is 1. The summed E-state index contributed by atoms with van der Waals surface area (Å²) in [7, 11) is -4.23. The van der Waals surface area contributed by atoms with E-state index in [-0.39, 0.29) is 29.1 Å². The van der Waals surface area contributed by atoms with Gasteiger partial charge in [-0.2, -0.15) is 0 Å². The summed E-state index contributed by atoms with van der Waals surface area (Å²) in [6, 6.07) is 16.4. The maximum Gasteiger partial charge on any atom is 0.264 e. The van der Waals surface area contributed by atoms with E-state index in [9.17, 15) is 22.4 Å². The minimum Gasteiger partial charge on any atom is -0.352 e. The summed E-state index contributed by atoms with van der Waals surface area (Å²) in [5.41, 5.74) is 0.644. The molecular weight excluding hydrogens is 576 g/mol. The predicted molar refractivity (Wildman–Crippen MR) is 154 cm³/mol. The molecule has 1 atom stereocenters. The van der Waals surface area contributed by atoms with E-state index < -0.39 is 34.3 Å². The van der Waals surface area contributed by atoms with Gasteiger partial charge in [-0.25, -0.2) is 12.8 Å². The van der Waals surface area contributed by atoms with E-state index in [1.165, 1.54) is 35.2 Å². The number of carbonyl (C=O) groups is 2. The summed E-state index contributed by atoms with van der Waals surface area (Å²) in [5.74, 6) is -1.53. The Morgan fingerprint density at radius 1 is 1.00 bits per heavy atom. The van der Waals surface area contributed by atoms with E-state index in [4.69, 9.17) is 23.2 Å². The molecule has 1 fully saturated rings. The lowest BCUT2D eigenvalue weighted by atomic mass is 10.1. The van der Waals surface area contributed by atoms with Gasteiger partial charge in [0.25, 0.3) is 10.0 Å². The number of nitrogens with one attached hydrogen (secondary N) is 1. The molecule has 11 heteroatoms. The van der Waals surface area contributed by atoms with Crippen molar-refractivity contribution in [3.63, 3.8) is 0 Å². The maximum atomic E-state index is 13.9. The highest BCUT2D eigenvalue weighted by Crippen LogP contribution is 2.27. The van der Waals surface area contributed by atoms with Crippen LogP contribution in [0.15, 0.2) is 77.7 Å². The lowest BCUT2D eigenvalue weighted by molar-refractivity contribution is -0.139. The van der Waals surface area contributed by atoms with Crippen LogP contribution in [0.4, 0.5) is 10.1 Å². The van der Waals surface area contributed by atoms with Crippen LogP contribution in [0, 0.1) is 5.82 Å². The van der Waals surface area contributed by atoms with Crippen molar-refractivity contribution in [2.75, 3.05) is 10.8 Å². The van der Waals surface area contributed by atoms with Crippen molar-refractivity contribution in [3.05, 3.63) is 94.2 Å². The minimum atomic E-state index is -4.23. The molecule has 0 aliphatic heterocycles. The van der Waals surface area contributed by atoms with Crippen molar-refractivity contribution < 1.29 is 22.4 Å². The zero-order chi connectivity index (χ0) is 28.9. The van der Waals surface area contributed by atoms with Crippen molar-refractivity contribution in [1.82, 2.24) is 10.2 Å². The van der Waals surface area contributed by atoms with Gasteiger partial charge in [-0.1, -0.05) is 60.3 Å². The Kier molecular flexibility index (Phi) is 9.71. The van der Waals surface area contributed by atoms with Gasteiger partial charge in [0.15, 0.2) is 0 Å². The van der Waals surface area contributed by atoms with Crippen molar-refractivity contribution in [2.45, 2.75) is 56.1 Å². The zero-order valence-electron chi connectivity index (χ0n) is 21.9. The first kappa shape index (κ1) is 29.8. The second-order valence-corrected chi connectivity index (χ2v) is 12.4. The van der Waals surface area contributed by atoms with E-state index >= 15 is 0 Å². The summed E-state index contributed by atoms with van der Waals surface area (Å²) in [6.45, 7) is 0.909. The van der Waals surface area contributed by atoms with E-state index in [0.29, 0.717) is 15.6 Å². The van der Waals surface area contributed by atoms with Gasteiger partial charge in [0, 0.05) is 22.6 Å². The number of hydrogen-bond acceptors (Lipinski definition) is 4. The summed E-state index contributed by atoms with van der Waals surface area (Å²) in [5, 5.41) is 3.73. The second kappa shape index (κ2) is 13.0. The molecule has 0 heterocycles. The average Bonchev–Trinajstić information content (AvgIpc) is 3.45. The molecule has 0 radical (unpaired) electrons. The van der Waals surface area contributed by atoms with Crippen LogP contribution in [0.3, 0.4) is 0 Å². The van der Waals surface area contributed by atoms with Gasteiger partial charge in [-0.05, 0) is 73.9 Å². The lowest BCUT2D eigenvalue weighted by Crippen LogP contribution is -2.52. The van der Waals surface area contributed by atoms with Crippen LogP contribution in [0.2, 0.25) is 10.0 Å². The molecule has 40 heavy (non-hydrogen) atoms. The number of amides is 2. The minimum absolute atomic E-state index is 0.0280. The quantitative estimate of drug-likeness (QED) is 0.316. The number of sulfonamides is 1. The molecule has 212 valence electrons. The van der Waals surface area contributed by atoms with Crippen molar-refractivity contribution in [2.24, 2.45) is 0 Å². The highest BCUT2D eigenvalue weighted by molar-refractivity contribution is 7.92. The highest BCUT2D eigenvalue weighted by Gasteiger charge is 2.33. The summed E-state index contributed by atoms with van der Waals surface area (Å²) in [4.78, 5) is 28.5. The Morgan fingerprint density at radius 3 is 2.27 bits per heavy atom. The first-order valence-corrected chi connectivity index (χ1v) is 15.1. The van der Waals surface area contributed by atoms with Gasteiger partial charge in [0.05, 0.1) is 10.6 Å². The SMILES string of the molecule is CC(C(=O)NC1CCCC1)N(Cc1ccc(Cl)cc1Cl)C(=O)CN(c1ccc(F)cc1)S(=O)(=O)c1ccccc1. The molecule has 1 aliphatic carbocycles. The summed E-state index contributed by atoms with van der Waals surface area (Å²) < 4.78 is 42.1. The summed E-state index contributed by atoms with van der Waals surface area (Å²) in [6.07, 6.45) is 3.77. The molecule has 1 N–H and O–H groups in total. The van der Waals surface area contributed by atoms with Gasteiger partial charge >= 0.3 is 0 Å². The maximum absolute atomic E-state index is 13.9. The number of rotatable bonds is 10. The Hall–Kier alpha value is -3.14. The van der Waals surface area contributed by atoms with Crippen LogP contribution in [0.5, 0.6) is 0 Å². The van der Waals surface area contributed by atoms with E-state index in [0.717, 1.165) is 42.1 Å². The van der Waals surface area contributed by atoms with Crippen LogP contribution >= 0.6 is 23.2 Å². The average molecular weight is 607 g/mol. The molecule has 3 aromatic carbocycles. The Bertz CT molecular complexity index is 1450. The lowest BCUT2D eigenvalue weighted by Gasteiger charge is -2.32. The third kappa shape index (κ3) is 7.13. The van der Waals surface area contributed by atoms with Crippen LogP contribution < -0.4 is 9.62 Å². The van der Waals surface area contributed by atoms with E-state index in [1.54, 1.807) is 37.3 Å². The van der Waals surface area contributed by atoms with Gasteiger partial charge < -0.3 is 10.2 Å². The fourth-order valence-electron chi connectivity index (χ4n) is 4.66. The van der Waals surface area contributed by atoms with Crippen LogP contribution in [-0.4, -0.2) is 43.8 Å². The molecule has 0 aromatic heterocycles. The topological polar surface area (TPSA) is 86.8 Å². The Balaban J connectivity index is 1.69. The number of nitrogens with zero attached hydrogens (tertiary/aromatic N) is 2. The van der Waals surface area contributed by atoms with E-state index in [1.807, 2.05) is 0 Å². The molecule has 4 rings (SSSR count). The van der Waals surface area contributed by atoms with Gasteiger partial charge in [-0.15, -0.1) is 0 Å². The largest absolute Gasteiger partial charge is 0.352 e. The van der Waals surface area contributed by atoms with Crippen LogP contribution in [-0.2, 0) is 26.2 Å². The molecular formula is C29H30Cl2FN3O4S. The van der Waals surface area contributed by atoms with Gasteiger partial charge in [0.2, 0.25) is 11.8 Å². The smallest absolute Gasteiger partial charge is 0.264 e. The predicted octanol–water partition coefficient (Wildman–Crippen LogP) is 5.80. The Labute approximate surface area is 243 Å². The monoisotopic (exact) mass is 605 g/mol. The van der Waals surface area contributed by atoms with Crippen molar-refractivity contribution in [1.29, 1.82) is 0 Å². The molecule has 0 spiro atoms. The second-order valence-electron chi connectivity index (χ2n) is 9.72. The molecule has 2 amide bonds. The van der Waals surface area contributed by atoms with Crippen molar-refractivity contribution >= 4 is 50.7 Å². The highest BCUT2D eigenvalue weighted by atomic mass is 35.5. The third-order valence-corrected chi connectivity index (χ3v) is 9.32. The first-order chi connectivity index (χ1) is 19.1. The standard InChI is InChI=1S/C29H30Cl2FN3O4S/c1-20(29(37)33-24-7-5-6-8-24)34(18-21-11-12-22(30)17-27(21)31)28(36)19-35(25-15-13-23(32)14-16-25)40(38,39)26-9-3-2-4-10-26/h2-4,9-17,20,24H,5-8,18-19H2,1H3,(H,33,37). The summed E-state index contributed by atoms with van der Waals surface area (Å²) >= 11 is 12.5. The van der Waals surface area contributed by atoms with E-state index in [2.05, 4.69) is 5.32 Å². The fraction of sp³-hybridized carbons (Fsp3) is 0.310.